The van der Waals surface area contributed by atoms with Crippen molar-refractivity contribution in [2.24, 2.45) is 5.73 Å². The molecule has 0 aromatic heterocycles. The van der Waals surface area contributed by atoms with Gasteiger partial charge in [0.05, 0.1) is 0 Å². The largest absolute Gasteiger partial charge is 0.340 e. The summed E-state index contributed by atoms with van der Waals surface area (Å²) in [5.41, 5.74) is 5.86. The van der Waals surface area contributed by atoms with Gasteiger partial charge >= 0.3 is 0 Å². The molecule has 88 valence electrons. The molecule has 1 aliphatic rings. The predicted octanol–water partition coefficient (Wildman–Crippen LogP) is 0.276. The van der Waals surface area contributed by atoms with Gasteiger partial charge in [0, 0.05) is 31.6 Å². The van der Waals surface area contributed by atoms with Gasteiger partial charge in [-0.2, -0.15) is 0 Å². The van der Waals surface area contributed by atoms with Crippen molar-refractivity contribution in [1.82, 2.24) is 9.80 Å². The van der Waals surface area contributed by atoms with Gasteiger partial charge in [0.2, 0.25) is 5.91 Å². The van der Waals surface area contributed by atoms with E-state index in [-0.39, 0.29) is 11.9 Å². The molecule has 2 unspecified atom stereocenters. The molecule has 1 saturated heterocycles. The highest BCUT2D eigenvalue weighted by molar-refractivity contribution is 5.76. The van der Waals surface area contributed by atoms with Gasteiger partial charge in [0.1, 0.15) is 0 Å². The fourth-order valence-corrected chi connectivity index (χ4v) is 2.04. The normalized spacial score (nSPS) is 27.1. The number of nitrogens with zero attached hydrogens (tertiary/aromatic N) is 2. The van der Waals surface area contributed by atoms with Gasteiger partial charge in [-0.1, -0.05) is 0 Å². The van der Waals surface area contributed by atoms with Crippen LogP contribution >= 0.6 is 0 Å². The Labute approximate surface area is 92.4 Å². The summed E-state index contributed by atoms with van der Waals surface area (Å²) < 4.78 is 0. The zero-order valence-corrected chi connectivity index (χ0v) is 10.1. The summed E-state index contributed by atoms with van der Waals surface area (Å²) in [5.74, 6) is 0.267. The van der Waals surface area contributed by atoms with Crippen molar-refractivity contribution < 1.29 is 4.79 Å². The van der Waals surface area contributed by atoms with Crippen molar-refractivity contribution in [3.8, 4) is 0 Å². The summed E-state index contributed by atoms with van der Waals surface area (Å²) in [7, 11) is 3.98. The van der Waals surface area contributed by atoms with Crippen LogP contribution in [-0.4, -0.2) is 55.0 Å². The van der Waals surface area contributed by atoms with E-state index in [9.17, 15) is 4.79 Å². The Morgan fingerprint density at radius 3 is 2.73 bits per heavy atom. The number of piperidine rings is 1. The van der Waals surface area contributed by atoms with Gasteiger partial charge in [-0.15, -0.1) is 0 Å². The lowest BCUT2D eigenvalue weighted by Gasteiger charge is -2.36. The number of carbonyl (C=O) groups excluding carboxylic acids is 1. The average Bonchev–Trinajstić information content (AvgIpc) is 2.14. The van der Waals surface area contributed by atoms with E-state index in [1.807, 2.05) is 23.9 Å². The molecule has 1 heterocycles. The molecule has 2 atom stereocenters. The zero-order valence-electron chi connectivity index (χ0n) is 10.1. The Kier molecular flexibility index (Phi) is 4.54. The van der Waals surface area contributed by atoms with Crippen LogP contribution in [-0.2, 0) is 4.79 Å². The quantitative estimate of drug-likeness (QED) is 0.732. The maximum Gasteiger partial charge on any atom is 0.224 e. The highest BCUT2D eigenvalue weighted by atomic mass is 16.2. The summed E-state index contributed by atoms with van der Waals surface area (Å²) in [6.07, 6.45) is 2.50. The lowest BCUT2D eigenvalue weighted by atomic mass is 9.99. The molecule has 0 bridgehead atoms. The van der Waals surface area contributed by atoms with Crippen LogP contribution in [0.15, 0.2) is 0 Å². The van der Waals surface area contributed by atoms with Crippen LogP contribution in [0.5, 0.6) is 0 Å². The van der Waals surface area contributed by atoms with E-state index in [0.717, 1.165) is 25.9 Å². The van der Waals surface area contributed by atoms with E-state index in [1.54, 1.807) is 0 Å². The fraction of sp³-hybridized carbons (Fsp3) is 0.909. The van der Waals surface area contributed by atoms with Gasteiger partial charge in [-0.3, -0.25) is 4.79 Å². The van der Waals surface area contributed by atoms with Crippen molar-refractivity contribution in [2.45, 2.75) is 38.3 Å². The molecule has 0 spiro atoms. The van der Waals surface area contributed by atoms with E-state index < -0.39 is 0 Å². The first-order valence-corrected chi connectivity index (χ1v) is 5.70. The summed E-state index contributed by atoms with van der Waals surface area (Å²) in [6, 6.07) is 0.585. The average molecular weight is 213 g/mol. The van der Waals surface area contributed by atoms with Crippen LogP contribution in [0.2, 0.25) is 0 Å². The highest BCUT2D eigenvalue weighted by Gasteiger charge is 2.26. The number of hydrogen-bond acceptors (Lipinski definition) is 3. The minimum Gasteiger partial charge on any atom is -0.340 e. The maximum absolute atomic E-state index is 11.9. The van der Waals surface area contributed by atoms with Crippen molar-refractivity contribution in [3.63, 3.8) is 0 Å². The first-order valence-electron chi connectivity index (χ1n) is 5.70. The van der Waals surface area contributed by atoms with Crippen molar-refractivity contribution >= 4 is 5.91 Å². The number of rotatable bonds is 3. The standard InChI is InChI=1S/C11H23N3O/c1-9-8-10(12)4-7-14(9)11(15)5-6-13(2)3/h9-10H,4-8,12H2,1-3H3. The molecule has 1 rings (SSSR count). The lowest BCUT2D eigenvalue weighted by Crippen LogP contribution is -2.48. The van der Waals surface area contributed by atoms with E-state index in [2.05, 4.69) is 6.92 Å². The molecule has 0 aliphatic carbocycles. The Bertz CT molecular complexity index is 218. The number of nitrogens with two attached hydrogens (primary N) is 1. The Balaban J connectivity index is 2.38. The van der Waals surface area contributed by atoms with Crippen LogP contribution in [0, 0.1) is 0 Å². The van der Waals surface area contributed by atoms with Crippen LogP contribution in [0.1, 0.15) is 26.2 Å². The summed E-state index contributed by atoms with van der Waals surface area (Å²) >= 11 is 0. The molecule has 0 aromatic rings. The topological polar surface area (TPSA) is 49.6 Å². The first kappa shape index (κ1) is 12.5. The number of hydrogen-bond donors (Lipinski definition) is 1. The number of likely N-dealkylation sites (tertiary alicyclic amines) is 1. The molecule has 1 amide bonds. The summed E-state index contributed by atoms with van der Waals surface area (Å²) in [6.45, 7) is 3.75. The van der Waals surface area contributed by atoms with E-state index in [1.165, 1.54) is 0 Å². The number of amides is 1. The second-order valence-electron chi connectivity index (χ2n) is 4.77. The van der Waals surface area contributed by atoms with Gasteiger partial charge in [0.15, 0.2) is 0 Å². The molecule has 2 N–H and O–H groups in total. The zero-order chi connectivity index (χ0) is 11.4. The van der Waals surface area contributed by atoms with E-state index in [4.69, 9.17) is 5.73 Å². The summed E-state index contributed by atoms with van der Waals surface area (Å²) in [4.78, 5) is 15.9. The molecule has 4 heteroatoms. The third-order valence-electron chi connectivity index (χ3n) is 3.01. The third kappa shape index (κ3) is 3.80. The van der Waals surface area contributed by atoms with Crippen molar-refractivity contribution in [3.05, 3.63) is 0 Å². The Morgan fingerprint density at radius 1 is 1.53 bits per heavy atom. The molecule has 0 radical (unpaired) electrons. The molecule has 0 saturated carbocycles. The first-order chi connectivity index (χ1) is 7.00. The van der Waals surface area contributed by atoms with Gasteiger partial charge < -0.3 is 15.5 Å². The second kappa shape index (κ2) is 5.47. The minimum atomic E-state index is 0.267. The van der Waals surface area contributed by atoms with Crippen molar-refractivity contribution in [2.75, 3.05) is 27.2 Å². The lowest BCUT2D eigenvalue weighted by molar-refractivity contribution is -0.134. The molecular weight excluding hydrogens is 190 g/mol. The second-order valence-corrected chi connectivity index (χ2v) is 4.77. The van der Waals surface area contributed by atoms with Gasteiger partial charge in [-0.25, -0.2) is 0 Å². The highest BCUT2D eigenvalue weighted by Crippen LogP contribution is 2.16. The molecule has 15 heavy (non-hydrogen) atoms. The van der Waals surface area contributed by atoms with Crippen LogP contribution < -0.4 is 5.73 Å². The molecular formula is C11H23N3O. The Morgan fingerprint density at radius 2 is 2.20 bits per heavy atom. The van der Waals surface area contributed by atoms with E-state index in [0.29, 0.717) is 12.5 Å². The maximum atomic E-state index is 11.9. The third-order valence-corrected chi connectivity index (χ3v) is 3.01. The Hall–Kier alpha value is -0.610. The number of carbonyl (C=O) groups is 1. The van der Waals surface area contributed by atoms with Gasteiger partial charge in [0.25, 0.3) is 0 Å². The molecule has 4 nitrogen and oxygen atoms in total. The van der Waals surface area contributed by atoms with E-state index >= 15 is 0 Å². The van der Waals surface area contributed by atoms with Gasteiger partial charge in [-0.05, 0) is 33.9 Å². The van der Waals surface area contributed by atoms with Crippen LogP contribution in [0.25, 0.3) is 0 Å². The van der Waals surface area contributed by atoms with Crippen LogP contribution in [0.3, 0.4) is 0 Å². The fourth-order valence-electron chi connectivity index (χ4n) is 2.04. The van der Waals surface area contributed by atoms with Crippen molar-refractivity contribution in [1.29, 1.82) is 0 Å². The molecule has 0 aromatic carbocycles. The van der Waals surface area contributed by atoms with Crippen LogP contribution in [0.4, 0.5) is 0 Å². The SMILES string of the molecule is CC1CC(N)CCN1C(=O)CCN(C)C. The molecule has 1 fully saturated rings. The monoisotopic (exact) mass is 213 g/mol. The minimum absolute atomic E-state index is 0.267. The molecule has 1 aliphatic heterocycles. The summed E-state index contributed by atoms with van der Waals surface area (Å²) in [5, 5.41) is 0. The smallest absolute Gasteiger partial charge is 0.224 e. The predicted molar refractivity (Wildman–Crippen MR) is 61.6 cm³/mol.